The Morgan fingerprint density at radius 3 is 2.76 bits per heavy atom. The molecule has 1 aromatic rings. The van der Waals surface area contributed by atoms with Crippen molar-refractivity contribution in [3.05, 3.63) is 28.2 Å². The summed E-state index contributed by atoms with van der Waals surface area (Å²) in [6, 6.07) is 5.12. The van der Waals surface area contributed by atoms with Crippen LogP contribution in [0.5, 0.6) is 5.75 Å². The predicted molar refractivity (Wildman–Crippen MR) is 71.6 cm³/mol. The number of nitrogens with zero attached hydrogens (tertiary/aromatic N) is 1. The second-order valence-electron chi connectivity index (χ2n) is 3.49. The molecule has 1 amide bonds. The fourth-order valence-electron chi connectivity index (χ4n) is 1.10. The lowest BCUT2D eigenvalue weighted by Gasteiger charge is -2.05. The Labute approximate surface area is 109 Å². The zero-order valence-electron chi connectivity index (χ0n) is 10.1. The predicted octanol–water partition coefficient (Wildman–Crippen LogP) is 2.97. The van der Waals surface area contributed by atoms with Gasteiger partial charge in [0, 0.05) is 11.3 Å². The van der Waals surface area contributed by atoms with Crippen molar-refractivity contribution in [2.24, 2.45) is 5.10 Å². The number of hydrazone groups is 1. The van der Waals surface area contributed by atoms with Gasteiger partial charge in [0.25, 0.3) is 5.91 Å². The largest absolute Gasteiger partial charge is 0.496 e. The van der Waals surface area contributed by atoms with Gasteiger partial charge in [-0.1, -0.05) is 6.92 Å². The van der Waals surface area contributed by atoms with Crippen LogP contribution in [0.4, 0.5) is 0 Å². The SMILES string of the molecule is CC/C(C)=N\NC(=O)c1ccc(OC)c(Br)c1. The van der Waals surface area contributed by atoms with E-state index in [0.717, 1.165) is 16.6 Å². The summed E-state index contributed by atoms with van der Waals surface area (Å²) >= 11 is 3.33. The van der Waals surface area contributed by atoms with Crippen molar-refractivity contribution >= 4 is 27.5 Å². The Balaban J connectivity index is 2.80. The first-order valence-corrected chi connectivity index (χ1v) is 6.04. The molecule has 0 spiro atoms. The van der Waals surface area contributed by atoms with Gasteiger partial charge in [0.15, 0.2) is 0 Å². The molecule has 0 saturated carbocycles. The summed E-state index contributed by atoms with van der Waals surface area (Å²) < 4.78 is 5.83. The van der Waals surface area contributed by atoms with Gasteiger partial charge in [-0.2, -0.15) is 5.10 Å². The van der Waals surface area contributed by atoms with Crippen molar-refractivity contribution < 1.29 is 9.53 Å². The third-order valence-corrected chi connectivity index (χ3v) is 2.89. The highest BCUT2D eigenvalue weighted by atomic mass is 79.9. The van der Waals surface area contributed by atoms with Crippen LogP contribution >= 0.6 is 15.9 Å². The summed E-state index contributed by atoms with van der Waals surface area (Å²) in [4.78, 5) is 11.7. The van der Waals surface area contributed by atoms with Gasteiger partial charge in [-0.05, 0) is 47.5 Å². The van der Waals surface area contributed by atoms with Crippen molar-refractivity contribution in [1.82, 2.24) is 5.43 Å². The molecule has 92 valence electrons. The second-order valence-corrected chi connectivity index (χ2v) is 4.35. The molecule has 4 nitrogen and oxygen atoms in total. The van der Waals surface area contributed by atoms with E-state index in [1.54, 1.807) is 25.3 Å². The summed E-state index contributed by atoms with van der Waals surface area (Å²) in [5.74, 6) is 0.455. The Bertz CT molecular complexity index is 444. The number of benzene rings is 1. The van der Waals surface area contributed by atoms with Gasteiger partial charge in [-0.3, -0.25) is 4.79 Å². The number of hydrogen-bond acceptors (Lipinski definition) is 3. The Morgan fingerprint density at radius 2 is 2.24 bits per heavy atom. The summed E-state index contributed by atoms with van der Waals surface area (Å²) in [5, 5.41) is 3.96. The molecule has 1 rings (SSSR count). The lowest BCUT2D eigenvalue weighted by atomic mass is 10.2. The van der Waals surface area contributed by atoms with Gasteiger partial charge >= 0.3 is 0 Å². The maximum atomic E-state index is 11.7. The normalized spacial score (nSPS) is 11.2. The first-order valence-electron chi connectivity index (χ1n) is 5.25. The highest BCUT2D eigenvalue weighted by molar-refractivity contribution is 9.10. The fraction of sp³-hybridized carbons (Fsp3) is 0.333. The van der Waals surface area contributed by atoms with E-state index in [9.17, 15) is 4.79 Å². The van der Waals surface area contributed by atoms with Gasteiger partial charge in [0.05, 0.1) is 11.6 Å². The van der Waals surface area contributed by atoms with Gasteiger partial charge in [-0.25, -0.2) is 5.43 Å². The first-order chi connectivity index (χ1) is 8.08. The maximum absolute atomic E-state index is 11.7. The molecule has 0 aliphatic heterocycles. The number of hydrogen-bond donors (Lipinski definition) is 1. The monoisotopic (exact) mass is 298 g/mol. The fourth-order valence-corrected chi connectivity index (χ4v) is 1.64. The lowest BCUT2D eigenvalue weighted by Crippen LogP contribution is -2.18. The average Bonchev–Trinajstić information content (AvgIpc) is 2.35. The second kappa shape index (κ2) is 6.39. The van der Waals surface area contributed by atoms with Crippen molar-refractivity contribution in [2.75, 3.05) is 7.11 Å². The molecular formula is C12H15BrN2O2. The molecule has 1 N–H and O–H groups in total. The van der Waals surface area contributed by atoms with E-state index in [4.69, 9.17) is 4.74 Å². The third kappa shape index (κ3) is 3.85. The van der Waals surface area contributed by atoms with E-state index in [1.807, 2.05) is 13.8 Å². The Morgan fingerprint density at radius 1 is 1.53 bits per heavy atom. The van der Waals surface area contributed by atoms with Gasteiger partial charge in [0.1, 0.15) is 5.75 Å². The van der Waals surface area contributed by atoms with E-state index in [0.29, 0.717) is 11.3 Å². The minimum atomic E-state index is -0.235. The molecule has 0 aromatic heterocycles. The molecule has 0 heterocycles. The molecule has 0 fully saturated rings. The number of rotatable bonds is 4. The quantitative estimate of drug-likeness (QED) is 0.686. The molecule has 0 unspecified atom stereocenters. The van der Waals surface area contributed by atoms with Gasteiger partial charge < -0.3 is 4.74 Å². The van der Waals surface area contributed by atoms with Crippen LogP contribution in [-0.4, -0.2) is 18.7 Å². The summed E-state index contributed by atoms with van der Waals surface area (Å²) in [5.41, 5.74) is 3.91. The number of carbonyl (C=O) groups is 1. The van der Waals surface area contributed by atoms with Crippen LogP contribution in [0.2, 0.25) is 0 Å². The number of methoxy groups -OCH3 is 1. The van der Waals surface area contributed by atoms with Crippen LogP contribution < -0.4 is 10.2 Å². The average molecular weight is 299 g/mol. The van der Waals surface area contributed by atoms with E-state index < -0.39 is 0 Å². The zero-order chi connectivity index (χ0) is 12.8. The molecule has 17 heavy (non-hydrogen) atoms. The Hall–Kier alpha value is -1.36. The number of ether oxygens (including phenoxy) is 1. The number of nitrogens with one attached hydrogen (secondary N) is 1. The van der Waals surface area contributed by atoms with Crippen molar-refractivity contribution in [3.63, 3.8) is 0 Å². The minimum Gasteiger partial charge on any atom is -0.496 e. The summed E-state index contributed by atoms with van der Waals surface area (Å²) in [7, 11) is 1.58. The van der Waals surface area contributed by atoms with E-state index >= 15 is 0 Å². The molecule has 0 aliphatic rings. The van der Waals surface area contributed by atoms with E-state index in [1.165, 1.54) is 0 Å². The molecule has 0 bridgehead atoms. The highest BCUT2D eigenvalue weighted by Crippen LogP contribution is 2.25. The minimum absolute atomic E-state index is 0.235. The van der Waals surface area contributed by atoms with Crippen molar-refractivity contribution in [2.45, 2.75) is 20.3 Å². The van der Waals surface area contributed by atoms with Crippen LogP contribution in [0.15, 0.2) is 27.8 Å². The van der Waals surface area contributed by atoms with Crippen LogP contribution in [-0.2, 0) is 0 Å². The first kappa shape index (κ1) is 13.7. The molecule has 0 saturated heterocycles. The number of halogens is 1. The lowest BCUT2D eigenvalue weighted by molar-refractivity contribution is 0.0954. The van der Waals surface area contributed by atoms with Crippen LogP contribution in [0, 0.1) is 0 Å². The summed E-state index contributed by atoms with van der Waals surface area (Å²) in [6.45, 7) is 3.85. The van der Waals surface area contributed by atoms with Crippen molar-refractivity contribution in [1.29, 1.82) is 0 Å². The molecular weight excluding hydrogens is 284 g/mol. The molecule has 0 aliphatic carbocycles. The van der Waals surface area contributed by atoms with Crippen LogP contribution in [0.25, 0.3) is 0 Å². The van der Waals surface area contributed by atoms with Crippen LogP contribution in [0.1, 0.15) is 30.6 Å². The standard InChI is InChI=1S/C12H15BrN2O2/c1-4-8(2)14-15-12(16)9-5-6-11(17-3)10(13)7-9/h5-7H,4H2,1-3H3,(H,15,16)/b14-8-. The topological polar surface area (TPSA) is 50.7 Å². The molecule has 1 aromatic carbocycles. The maximum Gasteiger partial charge on any atom is 0.271 e. The number of amides is 1. The molecule has 0 radical (unpaired) electrons. The summed E-state index contributed by atoms with van der Waals surface area (Å²) in [6.07, 6.45) is 0.812. The third-order valence-electron chi connectivity index (χ3n) is 2.27. The highest BCUT2D eigenvalue weighted by Gasteiger charge is 2.07. The van der Waals surface area contributed by atoms with Crippen molar-refractivity contribution in [3.8, 4) is 5.75 Å². The zero-order valence-corrected chi connectivity index (χ0v) is 11.7. The Kier molecular flexibility index (Phi) is 5.15. The van der Waals surface area contributed by atoms with Gasteiger partial charge in [0.2, 0.25) is 0 Å². The molecule has 5 heteroatoms. The number of carbonyl (C=O) groups excluding carboxylic acids is 1. The van der Waals surface area contributed by atoms with Crippen LogP contribution in [0.3, 0.4) is 0 Å². The van der Waals surface area contributed by atoms with E-state index in [2.05, 4.69) is 26.5 Å². The van der Waals surface area contributed by atoms with E-state index in [-0.39, 0.29) is 5.91 Å². The van der Waals surface area contributed by atoms with Gasteiger partial charge in [-0.15, -0.1) is 0 Å². The smallest absolute Gasteiger partial charge is 0.271 e. The molecule has 0 atom stereocenters.